The number of aliphatic carboxylic acids is 1. The van der Waals surface area contributed by atoms with E-state index in [4.69, 9.17) is 14.6 Å². The predicted molar refractivity (Wildman–Crippen MR) is 74.1 cm³/mol. The van der Waals surface area contributed by atoms with E-state index in [9.17, 15) is 9.59 Å². The number of aryl methyl sites for hydroxylation is 1. The van der Waals surface area contributed by atoms with Crippen LogP contribution in [-0.4, -0.2) is 30.9 Å². The molecule has 0 spiro atoms. The van der Waals surface area contributed by atoms with Crippen molar-refractivity contribution in [3.05, 3.63) is 36.4 Å². The second-order valence-electron chi connectivity index (χ2n) is 3.94. The Morgan fingerprint density at radius 3 is 2.80 bits per heavy atom. The molecule has 0 aliphatic carbocycles. The van der Waals surface area contributed by atoms with Crippen molar-refractivity contribution >= 4 is 17.7 Å². The van der Waals surface area contributed by atoms with E-state index in [2.05, 4.69) is 11.9 Å². The third-order valence-electron chi connectivity index (χ3n) is 2.46. The van der Waals surface area contributed by atoms with Crippen LogP contribution in [-0.2, 0) is 16.0 Å². The third kappa shape index (κ3) is 5.01. The molecule has 1 aromatic rings. The standard InChI is InChI=1S/C14H17NO5/c1-3-8-20-14(18)15-11-6-4-10(5-7-13(16)17)9-12(11)19-2/h3-4,6,9H,1,5,7-8H2,2H3,(H,15,18)(H,16,17). The molecular formula is C14H17NO5. The van der Waals surface area contributed by atoms with Crippen LogP contribution in [0.2, 0.25) is 0 Å². The predicted octanol–water partition coefficient (Wildman–Crippen LogP) is 2.45. The average Bonchev–Trinajstić information content (AvgIpc) is 2.43. The summed E-state index contributed by atoms with van der Waals surface area (Å²) in [7, 11) is 1.47. The number of amides is 1. The lowest BCUT2D eigenvalue weighted by Gasteiger charge is -2.11. The summed E-state index contributed by atoms with van der Waals surface area (Å²) in [6.07, 6.45) is 1.29. The molecule has 1 rings (SSSR count). The molecule has 0 bridgehead atoms. The molecule has 0 fully saturated rings. The van der Waals surface area contributed by atoms with Crippen LogP contribution in [0.25, 0.3) is 0 Å². The molecule has 0 saturated heterocycles. The lowest BCUT2D eigenvalue weighted by atomic mass is 10.1. The van der Waals surface area contributed by atoms with Gasteiger partial charge in [-0.25, -0.2) is 4.79 Å². The van der Waals surface area contributed by atoms with E-state index in [0.29, 0.717) is 17.9 Å². The third-order valence-corrected chi connectivity index (χ3v) is 2.46. The Kier molecular flexibility index (Phi) is 6.09. The highest BCUT2D eigenvalue weighted by atomic mass is 16.5. The van der Waals surface area contributed by atoms with Crippen LogP contribution >= 0.6 is 0 Å². The van der Waals surface area contributed by atoms with Crippen LogP contribution in [0, 0.1) is 0 Å². The highest BCUT2D eigenvalue weighted by Crippen LogP contribution is 2.26. The van der Waals surface area contributed by atoms with Gasteiger partial charge in [-0.1, -0.05) is 18.7 Å². The van der Waals surface area contributed by atoms with Crippen LogP contribution in [0.1, 0.15) is 12.0 Å². The summed E-state index contributed by atoms with van der Waals surface area (Å²) in [5.74, 6) is -0.414. The molecular weight excluding hydrogens is 262 g/mol. The number of ether oxygens (including phenoxy) is 2. The first-order chi connectivity index (χ1) is 9.56. The van der Waals surface area contributed by atoms with Gasteiger partial charge in [-0.3, -0.25) is 10.1 Å². The molecule has 1 amide bonds. The molecule has 20 heavy (non-hydrogen) atoms. The van der Waals surface area contributed by atoms with E-state index in [1.165, 1.54) is 13.2 Å². The summed E-state index contributed by atoms with van der Waals surface area (Å²) in [6.45, 7) is 3.56. The van der Waals surface area contributed by atoms with E-state index in [1.807, 2.05) is 0 Å². The van der Waals surface area contributed by atoms with Gasteiger partial charge in [-0.05, 0) is 24.1 Å². The fourth-order valence-corrected chi connectivity index (χ4v) is 1.53. The molecule has 6 nitrogen and oxygen atoms in total. The van der Waals surface area contributed by atoms with Crippen molar-refractivity contribution in [3.8, 4) is 5.75 Å². The zero-order chi connectivity index (χ0) is 15.0. The van der Waals surface area contributed by atoms with Crippen molar-refractivity contribution in [2.24, 2.45) is 0 Å². The van der Waals surface area contributed by atoms with Gasteiger partial charge >= 0.3 is 12.1 Å². The Morgan fingerprint density at radius 1 is 1.45 bits per heavy atom. The van der Waals surface area contributed by atoms with E-state index in [-0.39, 0.29) is 13.0 Å². The molecule has 0 atom stereocenters. The zero-order valence-electron chi connectivity index (χ0n) is 11.2. The SMILES string of the molecule is C=CCOC(=O)Nc1ccc(CCC(=O)O)cc1OC. The first-order valence-electron chi connectivity index (χ1n) is 6.00. The molecule has 0 radical (unpaired) electrons. The maximum atomic E-state index is 11.4. The maximum Gasteiger partial charge on any atom is 0.412 e. The minimum Gasteiger partial charge on any atom is -0.495 e. The number of methoxy groups -OCH3 is 1. The van der Waals surface area contributed by atoms with Gasteiger partial charge in [-0.2, -0.15) is 0 Å². The van der Waals surface area contributed by atoms with Gasteiger partial charge in [0.1, 0.15) is 12.4 Å². The highest BCUT2D eigenvalue weighted by molar-refractivity contribution is 5.86. The lowest BCUT2D eigenvalue weighted by Crippen LogP contribution is -2.14. The Morgan fingerprint density at radius 2 is 2.20 bits per heavy atom. The van der Waals surface area contributed by atoms with Gasteiger partial charge in [0.2, 0.25) is 0 Å². The van der Waals surface area contributed by atoms with Crippen LogP contribution < -0.4 is 10.1 Å². The van der Waals surface area contributed by atoms with E-state index < -0.39 is 12.1 Å². The van der Waals surface area contributed by atoms with Gasteiger partial charge < -0.3 is 14.6 Å². The van der Waals surface area contributed by atoms with Crippen molar-refractivity contribution in [2.45, 2.75) is 12.8 Å². The van der Waals surface area contributed by atoms with E-state index in [1.54, 1.807) is 18.2 Å². The second kappa shape index (κ2) is 7.83. The minimum atomic E-state index is -0.862. The Balaban J connectivity index is 2.74. The quantitative estimate of drug-likeness (QED) is 0.749. The fourth-order valence-electron chi connectivity index (χ4n) is 1.53. The molecule has 108 valence electrons. The number of carbonyl (C=O) groups excluding carboxylic acids is 1. The Bertz CT molecular complexity index is 498. The van der Waals surface area contributed by atoms with E-state index in [0.717, 1.165) is 5.56 Å². The average molecular weight is 279 g/mol. The van der Waals surface area contributed by atoms with Crippen molar-refractivity contribution in [2.75, 3.05) is 19.0 Å². The smallest absolute Gasteiger partial charge is 0.412 e. The molecule has 0 heterocycles. The normalized spacial score (nSPS) is 9.65. The lowest BCUT2D eigenvalue weighted by molar-refractivity contribution is -0.136. The highest BCUT2D eigenvalue weighted by Gasteiger charge is 2.09. The summed E-state index contributed by atoms with van der Waals surface area (Å²) in [4.78, 5) is 22.0. The van der Waals surface area contributed by atoms with Crippen molar-refractivity contribution in [1.82, 2.24) is 0 Å². The van der Waals surface area contributed by atoms with Gasteiger partial charge in [0.05, 0.1) is 12.8 Å². The van der Waals surface area contributed by atoms with Crippen molar-refractivity contribution in [1.29, 1.82) is 0 Å². The molecule has 0 saturated carbocycles. The molecule has 0 aliphatic rings. The molecule has 6 heteroatoms. The van der Waals surface area contributed by atoms with Gasteiger partial charge in [-0.15, -0.1) is 0 Å². The fraction of sp³-hybridized carbons (Fsp3) is 0.286. The maximum absolute atomic E-state index is 11.4. The van der Waals surface area contributed by atoms with Crippen LogP contribution in [0.3, 0.4) is 0 Å². The number of anilines is 1. The summed E-state index contributed by atoms with van der Waals surface area (Å²) in [6, 6.07) is 5.06. The van der Waals surface area contributed by atoms with Gasteiger partial charge in [0.25, 0.3) is 0 Å². The summed E-state index contributed by atoms with van der Waals surface area (Å²) < 4.78 is 9.96. The molecule has 0 aromatic heterocycles. The number of hydrogen-bond acceptors (Lipinski definition) is 4. The Labute approximate surface area is 117 Å². The second-order valence-corrected chi connectivity index (χ2v) is 3.94. The van der Waals surface area contributed by atoms with Crippen LogP contribution in [0.5, 0.6) is 5.75 Å². The number of carboxylic acid groups (broad SMARTS) is 1. The zero-order valence-corrected chi connectivity index (χ0v) is 11.2. The van der Waals surface area contributed by atoms with Crippen LogP contribution in [0.15, 0.2) is 30.9 Å². The number of carboxylic acids is 1. The monoisotopic (exact) mass is 279 g/mol. The number of nitrogens with one attached hydrogen (secondary N) is 1. The van der Waals surface area contributed by atoms with Gasteiger partial charge in [0.15, 0.2) is 0 Å². The first kappa shape index (κ1) is 15.6. The summed E-state index contributed by atoms with van der Waals surface area (Å²) in [5.41, 5.74) is 1.27. The largest absolute Gasteiger partial charge is 0.495 e. The number of carbonyl (C=O) groups is 2. The number of benzene rings is 1. The molecule has 1 aromatic carbocycles. The number of rotatable bonds is 7. The summed E-state index contributed by atoms with van der Waals surface area (Å²) >= 11 is 0. The van der Waals surface area contributed by atoms with Crippen molar-refractivity contribution < 1.29 is 24.2 Å². The Hall–Kier alpha value is -2.50. The van der Waals surface area contributed by atoms with Crippen LogP contribution in [0.4, 0.5) is 10.5 Å². The van der Waals surface area contributed by atoms with Crippen molar-refractivity contribution in [3.63, 3.8) is 0 Å². The minimum absolute atomic E-state index is 0.0390. The first-order valence-corrected chi connectivity index (χ1v) is 6.00. The molecule has 2 N–H and O–H groups in total. The molecule has 0 aliphatic heterocycles. The summed E-state index contributed by atoms with van der Waals surface area (Å²) in [5, 5.41) is 11.2. The van der Waals surface area contributed by atoms with E-state index >= 15 is 0 Å². The van der Waals surface area contributed by atoms with Gasteiger partial charge in [0, 0.05) is 6.42 Å². The topological polar surface area (TPSA) is 84.9 Å². The number of hydrogen-bond donors (Lipinski definition) is 2. The molecule has 0 unspecified atom stereocenters.